The molecule has 0 aromatic carbocycles. The number of carbonyl (C=O) groups excluding carboxylic acids is 1. The lowest BCUT2D eigenvalue weighted by molar-refractivity contribution is 0.219. The Morgan fingerprint density at radius 3 is 2.57 bits per heavy atom. The molecule has 2 N–H and O–H groups in total. The monoisotopic (exact) mass is 139 g/mol. The fourth-order valence-electron chi connectivity index (χ4n) is 0.0676. The van der Waals surface area contributed by atoms with Crippen molar-refractivity contribution in [2.45, 2.75) is 0 Å². The van der Waals surface area contributed by atoms with Gasteiger partial charge in [-0.15, -0.1) is 0 Å². The molecule has 0 saturated carbocycles. The van der Waals surface area contributed by atoms with Crippen LogP contribution >= 0.6 is 21.9 Å². The minimum atomic E-state index is -0.751. The van der Waals surface area contributed by atoms with Crippen molar-refractivity contribution >= 4 is 28.0 Å². The summed E-state index contributed by atoms with van der Waals surface area (Å²) in [5.41, 5.74) is 4.58. The fourth-order valence-corrected chi connectivity index (χ4v) is 0.608. The van der Waals surface area contributed by atoms with E-state index in [9.17, 15) is 4.79 Å². The van der Waals surface area contributed by atoms with Crippen molar-refractivity contribution < 1.29 is 8.98 Å². The summed E-state index contributed by atoms with van der Waals surface area (Å²) in [7, 11) is 1.32. The van der Waals surface area contributed by atoms with Gasteiger partial charge in [0, 0.05) is 0 Å². The van der Waals surface area contributed by atoms with E-state index in [0.717, 1.165) is 11.1 Å². The molecule has 5 heteroatoms. The summed E-state index contributed by atoms with van der Waals surface area (Å²) in [6.45, 7) is 0. The van der Waals surface area contributed by atoms with E-state index in [1.807, 2.05) is 0 Å². The van der Waals surface area contributed by atoms with Crippen LogP contribution in [0.3, 0.4) is 0 Å². The Labute approximate surface area is 49.6 Å². The maximum absolute atomic E-state index is 9.72. The van der Waals surface area contributed by atoms with E-state index in [2.05, 4.69) is 9.92 Å². The van der Waals surface area contributed by atoms with Crippen molar-refractivity contribution in [3.8, 4) is 0 Å². The Morgan fingerprint density at radius 2 is 2.43 bits per heavy atom. The number of primary amides is 1. The zero-order chi connectivity index (χ0) is 5.70. The molecule has 0 atom stereocenters. The highest BCUT2D eigenvalue weighted by Crippen LogP contribution is 2.16. The van der Waals surface area contributed by atoms with E-state index in [4.69, 9.17) is 0 Å². The zero-order valence-electron chi connectivity index (χ0n) is 3.71. The number of hydrogen-bond acceptors (Lipinski definition) is 4. The van der Waals surface area contributed by atoms with Crippen molar-refractivity contribution in [1.29, 1.82) is 0 Å². The smallest absolute Gasteiger partial charge is 0.363 e. The summed E-state index contributed by atoms with van der Waals surface area (Å²) in [6.07, 6.45) is 1.03. The Balaban J connectivity index is 2.82. The molecular weight excluding hydrogens is 134 g/mol. The lowest BCUT2D eigenvalue weighted by Gasteiger charge is -1.89. The van der Waals surface area contributed by atoms with Crippen molar-refractivity contribution in [1.82, 2.24) is 0 Å². The molecule has 1 amide bonds. The first-order chi connectivity index (χ1) is 3.27. The average Bonchev–Trinajstić information content (AvgIpc) is 1.61. The predicted molar refractivity (Wildman–Crippen MR) is 31.8 cm³/mol. The van der Waals surface area contributed by atoms with Crippen molar-refractivity contribution in [2.24, 2.45) is 5.73 Å². The lowest BCUT2D eigenvalue weighted by Crippen LogP contribution is -2.07. The van der Waals surface area contributed by atoms with Crippen LogP contribution in [-0.2, 0) is 4.18 Å². The molecule has 0 aliphatic rings. The van der Waals surface area contributed by atoms with Crippen molar-refractivity contribution in [3.63, 3.8) is 0 Å². The molecule has 0 heterocycles. The molecule has 0 aromatic rings. The van der Waals surface area contributed by atoms with Crippen molar-refractivity contribution in [2.75, 3.05) is 6.26 Å². The van der Waals surface area contributed by atoms with E-state index in [1.54, 1.807) is 6.26 Å². The molecule has 0 radical (unpaired) electrons. The van der Waals surface area contributed by atoms with Gasteiger partial charge in [-0.2, -0.15) is 0 Å². The first-order valence-electron chi connectivity index (χ1n) is 1.44. The van der Waals surface area contributed by atoms with E-state index in [1.165, 1.54) is 10.8 Å². The van der Waals surface area contributed by atoms with Gasteiger partial charge in [0.15, 0.2) is 0 Å². The van der Waals surface area contributed by atoms with E-state index < -0.39 is 6.09 Å². The third kappa shape index (κ3) is 5.97. The van der Waals surface area contributed by atoms with Gasteiger partial charge in [-0.05, 0) is 6.26 Å². The molecule has 0 spiro atoms. The van der Waals surface area contributed by atoms with Gasteiger partial charge >= 0.3 is 6.09 Å². The predicted octanol–water partition coefficient (Wildman–Crippen LogP) is 1.01. The highest BCUT2D eigenvalue weighted by molar-refractivity contribution is 8.74. The second-order valence-electron chi connectivity index (χ2n) is 0.637. The lowest BCUT2D eigenvalue weighted by atomic mass is 11.3. The number of amides is 1. The Hall–Kier alpha value is -0.0300. The molecule has 0 unspecified atom stereocenters. The maximum atomic E-state index is 9.72. The minimum absolute atomic E-state index is 0.751. The van der Waals surface area contributed by atoms with Crippen LogP contribution in [0.25, 0.3) is 0 Å². The van der Waals surface area contributed by atoms with Crippen LogP contribution in [0.1, 0.15) is 0 Å². The van der Waals surface area contributed by atoms with Crippen LogP contribution in [0.15, 0.2) is 0 Å². The molecule has 0 fully saturated rings. The number of rotatable bonds is 2. The number of carbonyl (C=O) groups is 1. The Bertz CT molecular complexity index is 66.7. The Kier molecular flexibility index (Phi) is 4.12. The highest BCUT2D eigenvalue weighted by atomic mass is 33.1. The van der Waals surface area contributed by atoms with Crippen LogP contribution in [-0.4, -0.2) is 12.3 Å². The zero-order valence-corrected chi connectivity index (χ0v) is 5.34. The molecule has 0 aliphatic carbocycles. The van der Waals surface area contributed by atoms with Gasteiger partial charge in [0.1, 0.15) is 11.1 Å². The summed E-state index contributed by atoms with van der Waals surface area (Å²) >= 11 is 0.958. The third-order valence-electron chi connectivity index (χ3n) is 0.184. The number of hydrogen-bond donors (Lipinski definition) is 1. The third-order valence-corrected chi connectivity index (χ3v) is 1.16. The van der Waals surface area contributed by atoms with E-state index >= 15 is 0 Å². The topological polar surface area (TPSA) is 52.3 Å². The molecule has 3 nitrogen and oxygen atoms in total. The summed E-state index contributed by atoms with van der Waals surface area (Å²) < 4.78 is 4.21. The first-order valence-corrected chi connectivity index (χ1v) is 3.92. The van der Waals surface area contributed by atoms with Gasteiger partial charge in [-0.25, -0.2) is 4.79 Å². The SMILES string of the molecule is CSSOC(N)=O. The Morgan fingerprint density at radius 1 is 1.86 bits per heavy atom. The first kappa shape index (κ1) is 6.97. The standard InChI is InChI=1S/C2H5NO2S2/c1-6-7-5-2(3)4/h1H3,(H2,3,4). The van der Waals surface area contributed by atoms with Crippen LogP contribution in [0.4, 0.5) is 4.79 Å². The van der Waals surface area contributed by atoms with Gasteiger partial charge in [-0.3, -0.25) is 0 Å². The molecule has 0 saturated heterocycles. The summed E-state index contributed by atoms with van der Waals surface area (Å²) in [6, 6.07) is 0. The van der Waals surface area contributed by atoms with Crippen LogP contribution in [0.5, 0.6) is 0 Å². The van der Waals surface area contributed by atoms with Gasteiger partial charge in [-0.1, -0.05) is 10.8 Å². The minimum Gasteiger partial charge on any atom is -0.363 e. The summed E-state index contributed by atoms with van der Waals surface area (Å²) in [5, 5.41) is 0. The largest absolute Gasteiger partial charge is 0.417 e. The molecule has 0 rings (SSSR count). The maximum Gasteiger partial charge on any atom is 0.417 e. The summed E-state index contributed by atoms with van der Waals surface area (Å²) in [5.74, 6) is 0. The van der Waals surface area contributed by atoms with Crippen LogP contribution in [0, 0.1) is 0 Å². The normalized spacial score (nSPS) is 8.14. The second kappa shape index (κ2) is 4.14. The highest BCUT2D eigenvalue weighted by Gasteiger charge is 1.89. The van der Waals surface area contributed by atoms with E-state index in [-0.39, 0.29) is 0 Å². The van der Waals surface area contributed by atoms with E-state index in [0.29, 0.717) is 0 Å². The van der Waals surface area contributed by atoms with Crippen LogP contribution in [0.2, 0.25) is 0 Å². The molecule has 0 aliphatic heterocycles. The molecule has 7 heavy (non-hydrogen) atoms. The van der Waals surface area contributed by atoms with Crippen LogP contribution < -0.4 is 5.73 Å². The second-order valence-corrected chi connectivity index (χ2v) is 2.68. The number of nitrogens with two attached hydrogens (primary N) is 1. The summed E-state index contributed by atoms with van der Waals surface area (Å²) in [4.78, 5) is 9.72. The molecule has 0 aromatic heterocycles. The van der Waals surface area contributed by atoms with Gasteiger partial charge in [0.2, 0.25) is 0 Å². The quantitative estimate of drug-likeness (QED) is 0.458. The molecule has 0 bridgehead atoms. The average molecular weight is 139 g/mol. The molecule has 42 valence electrons. The fraction of sp³-hybridized carbons (Fsp3) is 0.500. The van der Waals surface area contributed by atoms with Gasteiger partial charge in [0.25, 0.3) is 0 Å². The van der Waals surface area contributed by atoms with Gasteiger partial charge in [0.05, 0.1) is 0 Å². The van der Waals surface area contributed by atoms with Gasteiger partial charge < -0.3 is 9.92 Å². The van der Waals surface area contributed by atoms with Crippen molar-refractivity contribution in [3.05, 3.63) is 0 Å². The molecular formula is C2H5NO2S2.